The summed E-state index contributed by atoms with van der Waals surface area (Å²) in [6.07, 6.45) is -1.13. The molecule has 1 aliphatic rings. The van der Waals surface area contributed by atoms with E-state index in [1.165, 1.54) is 6.92 Å². The van der Waals surface area contributed by atoms with E-state index in [4.69, 9.17) is 10.5 Å². The minimum atomic E-state index is -1.49. The van der Waals surface area contributed by atoms with Crippen LogP contribution in [0.15, 0.2) is 24.3 Å². The summed E-state index contributed by atoms with van der Waals surface area (Å²) in [5.41, 5.74) is 6.60. The number of hydrogen-bond donors (Lipinski definition) is 3. The zero-order valence-corrected chi connectivity index (χ0v) is 12.5. The first-order chi connectivity index (χ1) is 10.9. The minimum absolute atomic E-state index is 0.0866. The van der Waals surface area contributed by atoms with Crippen LogP contribution < -0.4 is 10.6 Å². The maximum absolute atomic E-state index is 12.6. The van der Waals surface area contributed by atoms with E-state index < -0.39 is 42.6 Å². The van der Waals surface area contributed by atoms with Gasteiger partial charge >= 0.3 is 11.9 Å². The Morgan fingerprint density at radius 2 is 2.09 bits per heavy atom. The van der Waals surface area contributed by atoms with Crippen LogP contribution in [0, 0.1) is 0 Å². The van der Waals surface area contributed by atoms with Crippen LogP contribution in [0.3, 0.4) is 0 Å². The molecule has 124 valence electrons. The normalized spacial score (nSPS) is 23.2. The largest absolute Gasteiger partial charge is 0.480 e. The van der Waals surface area contributed by atoms with Gasteiger partial charge in [-0.15, -0.1) is 0 Å². The Kier molecular flexibility index (Phi) is 4.97. The van der Waals surface area contributed by atoms with Gasteiger partial charge < -0.3 is 20.7 Å². The third-order valence-corrected chi connectivity index (χ3v) is 3.64. The number of cyclic esters (lactones) is 1. The number of aliphatic hydroxyl groups excluding tert-OH is 1. The van der Waals surface area contributed by atoms with Crippen LogP contribution in [-0.2, 0) is 25.5 Å². The molecular formula is C15H18N2O6. The molecule has 8 heteroatoms. The number of amides is 1. The first-order valence-corrected chi connectivity index (χ1v) is 7.07. The molecule has 3 atom stereocenters. The molecule has 1 aromatic rings. The molecule has 0 saturated carbocycles. The van der Waals surface area contributed by atoms with Gasteiger partial charge in [0.05, 0.1) is 6.61 Å². The number of rotatable bonds is 3. The van der Waals surface area contributed by atoms with E-state index in [1.54, 1.807) is 24.3 Å². The quantitative estimate of drug-likeness (QED) is 0.626. The Morgan fingerprint density at radius 1 is 1.43 bits per heavy atom. The van der Waals surface area contributed by atoms with Crippen molar-refractivity contribution in [2.75, 3.05) is 11.5 Å². The van der Waals surface area contributed by atoms with Crippen LogP contribution in [0.1, 0.15) is 12.5 Å². The first kappa shape index (κ1) is 16.9. The molecule has 0 aromatic heterocycles. The van der Waals surface area contributed by atoms with Crippen molar-refractivity contribution >= 4 is 23.5 Å². The highest BCUT2D eigenvalue weighted by Crippen LogP contribution is 2.27. The number of benzene rings is 1. The van der Waals surface area contributed by atoms with Crippen LogP contribution in [-0.4, -0.2) is 52.9 Å². The number of carbonyl (C=O) groups excluding carboxylic acids is 2. The predicted molar refractivity (Wildman–Crippen MR) is 79.7 cm³/mol. The van der Waals surface area contributed by atoms with E-state index in [-0.39, 0.29) is 6.42 Å². The lowest BCUT2D eigenvalue weighted by Crippen LogP contribution is -2.51. The molecule has 0 aliphatic carbocycles. The number of fused-ring (bicyclic) bond motifs is 1. The highest BCUT2D eigenvalue weighted by Gasteiger charge is 2.37. The second-order valence-electron chi connectivity index (χ2n) is 5.26. The van der Waals surface area contributed by atoms with E-state index in [1.807, 2.05) is 0 Å². The fraction of sp³-hybridized carbons (Fsp3) is 0.400. The standard InChI is InChI=1S/C15H18N2O6/c1-8-13(19)17(12(7-18)14(20)21)11-5-3-2-4-9(11)6-10(16)15(22)23-8/h2-5,8,10,12,18H,6-7,16H2,1H3,(H,20,21). The highest BCUT2D eigenvalue weighted by molar-refractivity contribution is 6.03. The molecule has 4 N–H and O–H groups in total. The van der Waals surface area contributed by atoms with Crippen molar-refractivity contribution < 1.29 is 29.3 Å². The average molecular weight is 322 g/mol. The molecule has 8 nitrogen and oxygen atoms in total. The fourth-order valence-corrected chi connectivity index (χ4v) is 2.46. The Hall–Kier alpha value is -2.45. The van der Waals surface area contributed by atoms with E-state index in [0.717, 1.165) is 4.90 Å². The number of carboxylic acid groups (broad SMARTS) is 1. The SMILES string of the molecule is CC1OC(=O)C(N)Cc2ccccc2N(C(CO)C(=O)O)C1=O. The molecule has 0 spiro atoms. The summed E-state index contributed by atoms with van der Waals surface area (Å²) in [4.78, 5) is 36.9. The van der Waals surface area contributed by atoms with Gasteiger partial charge in [-0.1, -0.05) is 18.2 Å². The molecule has 0 radical (unpaired) electrons. The second-order valence-corrected chi connectivity index (χ2v) is 5.26. The van der Waals surface area contributed by atoms with E-state index in [9.17, 15) is 24.6 Å². The van der Waals surface area contributed by atoms with Gasteiger partial charge in [0.2, 0.25) is 0 Å². The zero-order chi connectivity index (χ0) is 17.1. The number of carbonyl (C=O) groups is 3. The van der Waals surface area contributed by atoms with Crippen molar-refractivity contribution in [3.8, 4) is 0 Å². The number of nitrogens with two attached hydrogens (primary N) is 1. The Labute approximate surface area is 132 Å². The van der Waals surface area contributed by atoms with Crippen molar-refractivity contribution in [1.29, 1.82) is 0 Å². The summed E-state index contributed by atoms with van der Waals surface area (Å²) in [7, 11) is 0. The molecule has 3 unspecified atom stereocenters. The topological polar surface area (TPSA) is 130 Å². The second kappa shape index (κ2) is 6.76. The molecular weight excluding hydrogens is 304 g/mol. The van der Waals surface area contributed by atoms with Crippen molar-refractivity contribution in [2.45, 2.75) is 31.5 Å². The number of para-hydroxylation sites is 1. The number of nitrogens with zero attached hydrogens (tertiary/aromatic N) is 1. The van der Waals surface area contributed by atoms with Crippen LogP contribution in [0.4, 0.5) is 5.69 Å². The molecule has 2 rings (SSSR count). The Morgan fingerprint density at radius 3 is 2.70 bits per heavy atom. The third kappa shape index (κ3) is 3.33. The lowest BCUT2D eigenvalue weighted by molar-refractivity contribution is -0.155. The maximum atomic E-state index is 12.6. The van der Waals surface area contributed by atoms with Crippen molar-refractivity contribution in [3.63, 3.8) is 0 Å². The highest BCUT2D eigenvalue weighted by atomic mass is 16.5. The van der Waals surface area contributed by atoms with Gasteiger partial charge in [-0.05, 0) is 18.6 Å². The van der Waals surface area contributed by atoms with Crippen LogP contribution in [0.5, 0.6) is 0 Å². The van der Waals surface area contributed by atoms with Gasteiger partial charge in [-0.2, -0.15) is 0 Å². The average Bonchev–Trinajstić information content (AvgIpc) is 2.54. The molecule has 23 heavy (non-hydrogen) atoms. The van der Waals surface area contributed by atoms with Crippen LogP contribution >= 0.6 is 0 Å². The van der Waals surface area contributed by atoms with Gasteiger partial charge in [-0.25, -0.2) is 4.79 Å². The molecule has 1 amide bonds. The van der Waals surface area contributed by atoms with E-state index in [0.29, 0.717) is 11.3 Å². The van der Waals surface area contributed by atoms with Crippen molar-refractivity contribution in [1.82, 2.24) is 0 Å². The van der Waals surface area contributed by atoms with E-state index in [2.05, 4.69) is 0 Å². The summed E-state index contributed by atoms with van der Waals surface area (Å²) in [6, 6.07) is 4.06. The zero-order valence-electron chi connectivity index (χ0n) is 12.5. The Bertz CT molecular complexity index is 632. The monoisotopic (exact) mass is 322 g/mol. The lowest BCUT2D eigenvalue weighted by atomic mass is 10.0. The summed E-state index contributed by atoms with van der Waals surface area (Å²) in [5, 5.41) is 18.7. The summed E-state index contributed by atoms with van der Waals surface area (Å²) in [5.74, 6) is -2.84. The molecule has 1 heterocycles. The van der Waals surface area contributed by atoms with Gasteiger partial charge in [-0.3, -0.25) is 14.5 Å². The van der Waals surface area contributed by atoms with Crippen molar-refractivity contribution in [2.24, 2.45) is 5.73 Å². The maximum Gasteiger partial charge on any atom is 0.329 e. The third-order valence-electron chi connectivity index (χ3n) is 3.64. The Balaban J connectivity index is 2.61. The first-order valence-electron chi connectivity index (χ1n) is 7.07. The number of hydrogen-bond acceptors (Lipinski definition) is 6. The van der Waals surface area contributed by atoms with Crippen LogP contribution in [0.25, 0.3) is 0 Å². The summed E-state index contributed by atoms with van der Waals surface area (Å²) >= 11 is 0. The van der Waals surface area contributed by atoms with Gasteiger partial charge in [0, 0.05) is 12.1 Å². The van der Waals surface area contributed by atoms with Gasteiger partial charge in [0.15, 0.2) is 12.1 Å². The molecule has 0 bridgehead atoms. The minimum Gasteiger partial charge on any atom is -0.480 e. The number of esters is 1. The molecule has 1 aromatic carbocycles. The van der Waals surface area contributed by atoms with Crippen molar-refractivity contribution in [3.05, 3.63) is 29.8 Å². The van der Waals surface area contributed by atoms with Gasteiger partial charge in [0.25, 0.3) is 5.91 Å². The smallest absolute Gasteiger partial charge is 0.329 e. The number of anilines is 1. The predicted octanol–water partition coefficient (Wildman–Crippen LogP) is -0.720. The van der Waals surface area contributed by atoms with E-state index >= 15 is 0 Å². The molecule has 0 fully saturated rings. The number of carboxylic acids is 1. The summed E-state index contributed by atoms with van der Waals surface area (Å²) in [6.45, 7) is 0.562. The molecule has 0 saturated heterocycles. The number of ether oxygens (including phenoxy) is 1. The van der Waals surface area contributed by atoms with Crippen LogP contribution in [0.2, 0.25) is 0 Å². The summed E-state index contributed by atoms with van der Waals surface area (Å²) < 4.78 is 5.00. The fourth-order valence-electron chi connectivity index (χ4n) is 2.46. The molecule has 1 aliphatic heterocycles. The van der Waals surface area contributed by atoms with Gasteiger partial charge in [0.1, 0.15) is 6.04 Å². The number of aliphatic carboxylic acids is 1. The lowest BCUT2D eigenvalue weighted by Gasteiger charge is -2.30. The number of aliphatic hydroxyl groups is 1.